The van der Waals surface area contributed by atoms with Crippen LogP contribution < -0.4 is 34.5 Å². The molecular formula is C42H51N2NaO14S4. The first kappa shape index (κ1) is 52.1. The van der Waals surface area contributed by atoms with Crippen LogP contribution in [0.3, 0.4) is 0 Å². The number of hydrogen-bond donors (Lipinski definition) is 4. The van der Waals surface area contributed by atoms with E-state index in [-0.39, 0.29) is 68.2 Å². The normalized spacial score (nSPS) is 17.0. The molecule has 2 heterocycles. The van der Waals surface area contributed by atoms with Crippen LogP contribution >= 0.6 is 0 Å². The van der Waals surface area contributed by atoms with E-state index in [0.29, 0.717) is 58.7 Å². The number of carboxylic acid groups (broad SMARTS) is 1. The molecule has 2 aliphatic heterocycles. The van der Waals surface area contributed by atoms with E-state index in [4.69, 9.17) is 5.11 Å². The quantitative estimate of drug-likeness (QED) is 0.0443. The molecule has 3 aromatic carbocycles. The van der Waals surface area contributed by atoms with Gasteiger partial charge >= 0.3 is 35.5 Å². The molecule has 0 atom stereocenters. The maximum atomic E-state index is 12.2. The van der Waals surface area contributed by atoms with Gasteiger partial charge in [-0.25, -0.2) is 8.42 Å². The van der Waals surface area contributed by atoms with Gasteiger partial charge in [0.05, 0.1) is 26.7 Å². The van der Waals surface area contributed by atoms with Crippen molar-refractivity contribution in [2.45, 2.75) is 86.8 Å². The SMILES string of the molecule is CC1(C)C(=CC=C(C=CC2=[N+](CCCS(=O)(=O)O)c3ccc(S(=O)(=O)[O-])cc3C2(C)C)c2cccc(CCCCC(=O)O)c2)N(CCCS(=O)(=O)O)c2ccc(S(=O)(=O)O)cc21.[H-].[Na+]. The second kappa shape index (κ2) is 19.9. The Kier molecular flexibility index (Phi) is 16.5. The molecule has 0 bridgehead atoms. The third-order valence-electron chi connectivity index (χ3n) is 11.1. The summed E-state index contributed by atoms with van der Waals surface area (Å²) >= 11 is 0. The predicted octanol–water partition coefficient (Wildman–Crippen LogP) is 3.00. The zero-order chi connectivity index (χ0) is 46.1. The van der Waals surface area contributed by atoms with Gasteiger partial charge in [0.15, 0.2) is 5.71 Å². The van der Waals surface area contributed by atoms with Gasteiger partial charge in [-0.2, -0.15) is 29.8 Å². The minimum absolute atomic E-state index is 0. The van der Waals surface area contributed by atoms with Gasteiger partial charge in [-0.3, -0.25) is 18.5 Å². The van der Waals surface area contributed by atoms with Crippen molar-refractivity contribution in [2.75, 3.05) is 29.5 Å². The van der Waals surface area contributed by atoms with Crippen molar-refractivity contribution in [3.63, 3.8) is 0 Å². The molecule has 0 spiro atoms. The molecular weight excluding hydrogens is 908 g/mol. The Morgan fingerprint density at radius 1 is 0.794 bits per heavy atom. The van der Waals surface area contributed by atoms with Crippen LogP contribution in [-0.4, -0.2) is 97.8 Å². The second-order valence-corrected chi connectivity index (χ2v) is 22.3. The summed E-state index contributed by atoms with van der Waals surface area (Å²) in [5.74, 6) is -1.99. The van der Waals surface area contributed by atoms with Crippen LogP contribution in [0.2, 0.25) is 0 Å². The van der Waals surface area contributed by atoms with Crippen molar-refractivity contribution in [3.05, 3.63) is 113 Å². The van der Waals surface area contributed by atoms with Crippen molar-refractivity contribution in [2.24, 2.45) is 0 Å². The molecule has 0 aromatic heterocycles. The zero-order valence-corrected chi connectivity index (χ0v) is 40.8. The van der Waals surface area contributed by atoms with Gasteiger partial charge in [0, 0.05) is 53.9 Å². The Balaban J connectivity index is 0.00000544. The Bertz CT molecular complexity index is 2860. The molecule has 21 heteroatoms. The summed E-state index contributed by atoms with van der Waals surface area (Å²) in [6.07, 6.45) is 8.87. The first-order valence-electron chi connectivity index (χ1n) is 19.6. The van der Waals surface area contributed by atoms with Crippen LogP contribution in [0.15, 0.2) is 100 Å². The van der Waals surface area contributed by atoms with Crippen LogP contribution in [0.4, 0.5) is 11.4 Å². The van der Waals surface area contributed by atoms with Crippen LogP contribution in [0.1, 0.15) is 83.5 Å². The number of carboxylic acids is 1. The van der Waals surface area contributed by atoms with E-state index in [0.717, 1.165) is 11.1 Å². The number of allylic oxidation sites excluding steroid dienone is 6. The summed E-state index contributed by atoms with van der Waals surface area (Å²) in [7, 11) is -18.1. The van der Waals surface area contributed by atoms with Crippen LogP contribution in [-0.2, 0) is 62.5 Å². The Morgan fingerprint density at radius 2 is 1.43 bits per heavy atom. The topological polar surface area (TPSA) is 264 Å². The fourth-order valence-corrected chi connectivity index (χ4v) is 10.0. The van der Waals surface area contributed by atoms with Crippen LogP contribution in [0.25, 0.3) is 5.57 Å². The molecule has 0 fully saturated rings. The molecule has 16 nitrogen and oxygen atoms in total. The molecule has 2 aliphatic rings. The van der Waals surface area contributed by atoms with E-state index in [1.807, 2.05) is 62.9 Å². The van der Waals surface area contributed by atoms with Crippen molar-refractivity contribution >= 4 is 69.1 Å². The van der Waals surface area contributed by atoms with Crippen molar-refractivity contribution < 1.29 is 97.3 Å². The molecule has 0 aliphatic carbocycles. The Morgan fingerprint density at radius 3 is 2.05 bits per heavy atom. The Labute approximate surface area is 392 Å². The summed E-state index contributed by atoms with van der Waals surface area (Å²) in [5, 5.41) is 9.13. The number of fused-ring (bicyclic) bond motifs is 2. The van der Waals surface area contributed by atoms with E-state index >= 15 is 0 Å². The predicted molar refractivity (Wildman–Crippen MR) is 234 cm³/mol. The summed E-state index contributed by atoms with van der Waals surface area (Å²) in [4.78, 5) is 12.2. The van der Waals surface area contributed by atoms with Gasteiger partial charge in [-0.1, -0.05) is 44.2 Å². The maximum absolute atomic E-state index is 12.2. The standard InChI is InChI=1S/C42H50N2O14S4.Na.H/c1-41(2)34-27-32(61(53,54)55)16-18-36(34)43(22-8-24-59(47,48)49)38(41)20-14-30(31-12-7-11-29(26-31)10-5-6-13-40(45)46)15-21-39-42(3,4)35-28-33(62(56,57)58)17-19-37(35)44(39)23-9-25-60(50,51)52;;/h7,11-12,14-21,26-28H,5-6,8-10,13,22-25H2,1-4H3,(H4-,45,46,47,48,49,50,51,52,53,54,55,56,57,58);;/q;+1;-1. The van der Waals surface area contributed by atoms with Gasteiger partial charge in [0.1, 0.15) is 16.7 Å². The number of aryl methyl sites for hydroxylation is 1. The summed E-state index contributed by atoms with van der Waals surface area (Å²) in [5.41, 5.74) is 3.72. The van der Waals surface area contributed by atoms with Crippen molar-refractivity contribution in [1.82, 2.24) is 0 Å². The third kappa shape index (κ3) is 13.1. The molecule has 3 aromatic rings. The number of benzene rings is 3. The number of rotatable bonds is 19. The largest absolute Gasteiger partial charge is 1.00 e. The van der Waals surface area contributed by atoms with Gasteiger partial charge in [0.25, 0.3) is 30.4 Å². The van der Waals surface area contributed by atoms with Gasteiger partial charge in [0.2, 0.25) is 5.69 Å². The number of nitrogens with zero attached hydrogens (tertiary/aromatic N) is 2. The maximum Gasteiger partial charge on any atom is 1.00 e. The van der Waals surface area contributed by atoms with E-state index in [2.05, 4.69) is 0 Å². The number of carbonyl (C=O) groups is 1. The van der Waals surface area contributed by atoms with Gasteiger partial charge in [-0.15, -0.1) is 0 Å². The van der Waals surface area contributed by atoms with Gasteiger partial charge < -0.3 is 16.0 Å². The smallest absolute Gasteiger partial charge is 1.00 e. The fraction of sp³-hybridized carbons (Fsp3) is 0.381. The molecule has 0 amide bonds. The summed E-state index contributed by atoms with van der Waals surface area (Å²) in [6, 6.07) is 15.6. The molecule has 0 saturated heterocycles. The molecule has 63 heavy (non-hydrogen) atoms. The first-order chi connectivity index (χ1) is 28.6. The minimum atomic E-state index is -4.84. The average molecular weight is 959 g/mol. The molecule has 0 saturated carbocycles. The Hall–Kier alpha value is -3.54. The van der Waals surface area contributed by atoms with E-state index in [1.165, 1.54) is 36.4 Å². The summed E-state index contributed by atoms with van der Waals surface area (Å²) in [6.45, 7) is 7.51. The number of anilines is 1. The molecule has 0 unspecified atom stereocenters. The monoisotopic (exact) mass is 958 g/mol. The first-order valence-corrected chi connectivity index (χ1v) is 25.6. The number of hydrogen-bond acceptors (Lipinski definition) is 11. The number of unbranched alkanes of at least 4 members (excludes halogenated alkanes) is 1. The van der Waals surface area contributed by atoms with Gasteiger partial charge in [-0.05, 0) is 104 Å². The van der Waals surface area contributed by atoms with E-state index in [1.54, 1.807) is 22.8 Å². The molecule has 338 valence electrons. The van der Waals surface area contributed by atoms with Crippen LogP contribution in [0, 0.1) is 0 Å². The fourth-order valence-electron chi connectivity index (χ4n) is 8.01. The van der Waals surface area contributed by atoms with Crippen LogP contribution in [0.5, 0.6) is 0 Å². The minimum Gasteiger partial charge on any atom is -1.00 e. The molecule has 0 radical (unpaired) electrons. The molecule has 5 rings (SSSR count). The third-order valence-corrected chi connectivity index (χ3v) is 14.4. The second-order valence-electron chi connectivity index (χ2n) is 16.3. The molecule has 4 N–H and O–H groups in total. The average Bonchev–Trinajstić information content (AvgIpc) is 3.49. The van der Waals surface area contributed by atoms with Crippen molar-refractivity contribution in [3.8, 4) is 0 Å². The number of aliphatic carboxylic acids is 1. The zero-order valence-electron chi connectivity index (χ0n) is 36.6. The summed E-state index contributed by atoms with van der Waals surface area (Å²) < 4.78 is 138. The van der Waals surface area contributed by atoms with Crippen molar-refractivity contribution in [1.29, 1.82) is 0 Å². The van der Waals surface area contributed by atoms with E-state index < -0.39 is 73.7 Å². The van der Waals surface area contributed by atoms with E-state index in [9.17, 15) is 56.7 Å².